The molecule has 0 spiro atoms. The van der Waals surface area contributed by atoms with Crippen molar-refractivity contribution in [2.45, 2.75) is 38.1 Å². The van der Waals surface area contributed by atoms with Crippen molar-refractivity contribution in [1.82, 2.24) is 10.2 Å². The van der Waals surface area contributed by atoms with Gasteiger partial charge >= 0.3 is 0 Å². The Balaban J connectivity index is 1.78. The number of nitrogens with zero attached hydrogens (tertiary/aromatic N) is 1. The molecule has 0 aromatic carbocycles. The van der Waals surface area contributed by atoms with Gasteiger partial charge in [-0.2, -0.15) is 0 Å². The molecule has 1 unspecified atom stereocenters. The van der Waals surface area contributed by atoms with E-state index in [9.17, 15) is 13.2 Å². The van der Waals surface area contributed by atoms with Gasteiger partial charge in [-0.1, -0.05) is 0 Å². The molecule has 7 heteroatoms. The third-order valence-corrected chi connectivity index (χ3v) is 5.86. The van der Waals surface area contributed by atoms with Crippen LogP contribution in [-0.2, 0) is 14.6 Å². The molecule has 122 valence electrons. The van der Waals surface area contributed by atoms with E-state index >= 15 is 0 Å². The molecular weight excluding hydrogens is 290 g/mol. The number of amides is 1. The van der Waals surface area contributed by atoms with Crippen molar-refractivity contribution in [3.8, 4) is 0 Å². The van der Waals surface area contributed by atoms with Crippen LogP contribution in [0.2, 0.25) is 0 Å². The Morgan fingerprint density at radius 3 is 2.52 bits per heavy atom. The minimum Gasteiger partial charge on any atom is -0.370 e. The Labute approximate surface area is 127 Å². The maximum absolute atomic E-state index is 11.9. The van der Waals surface area contributed by atoms with Crippen LogP contribution in [0, 0.1) is 5.92 Å². The Morgan fingerprint density at radius 2 is 1.95 bits per heavy atom. The fourth-order valence-electron chi connectivity index (χ4n) is 2.77. The maximum atomic E-state index is 11.9. The first-order valence-electron chi connectivity index (χ1n) is 7.89. The number of primary amides is 1. The molecule has 2 fully saturated rings. The van der Waals surface area contributed by atoms with Crippen molar-refractivity contribution in [3.63, 3.8) is 0 Å². The molecule has 0 aromatic heterocycles. The first-order chi connectivity index (χ1) is 9.94. The number of nitrogens with two attached hydrogens (primary N) is 1. The van der Waals surface area contributed by atoms with Gasteiger partial charge in [0.1, 0.15) is 0 Å². The fraction of sp³-hybridized carbons (Fsp3) is 0.929. The lowest BCUT2D eigenvalue weighted by Crippen LogP contribution is -2.41. The molecule has 0 aromatic rings. The van der Waals surface area contributed by atoms with Crippen molar-refractivity contribution in [2.75, 3.05) is 37.7 Å². The van der Waals surface area contributed by atoms with Gasteiger partial charge in [-0.05, 0) is 38.1 Å². The first kappa shape index (κ1) is 16.7. The largest absolute Gasteiger partial charge is 0.370 e. The Morgan fingerprint density at radius 1 is 1.19 bits per heavy atom. The molecule has 6 nitrogen and oxygen atoms in total. The number of sulfone groups is 1. The Kier molecular flexibility index (Phi) is 6.01. The molecule has 3 N–H and O–H groups in total. The molecule has 0 bridgehead atoms. The predicted molar refractivity (Wildman–Crippen MR) is 82.7 cm³/mol. The summed E-state index contributed by atoms with van der Waals surface area (Å²) in [5, 5.41) is 3.47. The number of carbonyl (C=O) groups is 1. The van der Waals surface area contributed by atoms with Gasteiger partial charge in [-0.3, -0.25) is 4.79 Å². The zero-order chi connectivity index (χ0) is 15.3. The fourth-order valence-corrected chi connectivity index (χ4v) is 4.03. The van der Waals surface area contributed by atoms with E-state index in [0.29, 0.717) is 12.6 Å². The van der Waals surface area contributed by atoms with E-state index in [0.717, 1.165) is 25.6 Å². The van der Waals surface area contributed by atoms with Gasteiger partial charge in [0.25, 0.3) is 0 Å². The topological polar surface area (TPSA) is 92.5 Å². The molecule has 1 heterocycles. The minimum absolute atomic E-state index is 0.0743. The standard InChI is InChI=1S/C14H27N3O3S/c15-14(18)5-8-21(19,20)9-7-17(10-12-3-4-12)11-13-2-1-6-16-13/h12-13,16H,1-11H2,(H2,15,18). The third kappa shape index (κ3) is 6.76. The number of rotatable bonds is 10. The van der Waals surface area contributed by atoms with Crippen molar-refractivity contribution in [3.05, 3.63) is 0 Å². The average molecular weight is 317 g/mol. The zero-order valence-corrected chi connectivity index (χ0v) is 13.4. The molecule has 1 aliphatic heterocycles. The minimum atomic E-state index is -3.18. The second kappa shape index (κ2) is 7.56. The summed E-state index contributed by atoms with van der Waals surface area (Å²) < 4.78 is 23.9. The molecule has 1 saturated heterocycles. The second-order valence-electron chi connectivity index (χ2n) is 6.36. The van der Waals surface area contributed by atoms with Gasteiger partial charge in [0.2, 0.25) is 5.91 Å². The summed E-state index contributed by atoms with van der Waals surface area (Å²) in [7, 11) is -3.18. The van der Waals surface area contributed by atoms with Crippen molar-refractivity contribution < 1.29 is 13.2 Å². The predicted octanol–water partition coefficient (Wildman–Crippen LogP) is -0.259. The van der Waals surface area contributed by atoms with Crippen LogP contribution >= 0.6 is 0 Å². The molecule has 1 amide bonds. The summed E-state index contributed by atoms with van der Waals surface area (Å²) in [6.45, 7) is 3.57. The smallest absolute Gasteiger partial charge is 0.218 e. The van der Waals surface area contributed by atoms with Gasteiger partial charge in [0, 0.05) is 32.1 Å². The van der Waals surface area contributed by atoms with Gasteiger partial charge in [0.15, 0.2) is 9.84 Å². The van der Waals surface area contributed by atoms with Crippen LogP contribution in [0.3, 0.4) is 0 Å². The normalized spacial score (nSPS) is 22.8. The molecule has 0 radical (unpaired) electrons. The lowest BCUT2D eigenvalue weighted by atomic mass is 10.2. The van der Waals surface area contributed by atoms with E-state index in [4.69, 9.17) is 5.73 Å². The summed E-state index contributed by atoms with van der Waals surface area (Å²) in [6.07, 6.45) is 4.84. The van der Waals surface area contributed by atoms with Crippen LogP contribution in [0.4, 0.5) is 0 Å². The molecule has 2 aliphatic rings. The summed E-state index contributed by atoms with van der Waals surface area (Å²) in [5.41, 5.74) is 5.02. The number of nitrogens with one attached hydrogen (secondary N) is 1. The molecule has 2 rings (SSSR count). The highest BCUT2D eigenvalue weighted by atomic mass is 32.2. The second-order valence-corrected chi connectivity index (χ2v) is 8.67. The highest BCUT2D eigenvalue weighted by Gasteiger charge is 2.27. The molecule has 1 atom stereocenters. The Bertz CT molecular complexity index is 442. The van der Waals surface area contributed by atoms with Gasteiger partial charge in [-0.25, -0.2) is 8.42 Å². The molecular formula is C14H27N3O3S. The van der Waals surface area contributed by atoms with E-state index in [-0.39, 0.29) is 17.9 Å². The SMILES string of the molecule is NC(=O)CCS(=O)(=O)CCN(CC1CC1)CC1CCCN1. The van der Waals surface area contributed by atoms with Gasteiger partial charge < -0.3 is 16.0 Å². The first-order valence-corrected chi connectivity index (χ1v) is 9.71. The van der Waals surface area contributed by atoms with Crippen LogP contribution < -0.4 is 11.1 Å². The summed E-state index contributed by atoms with van der Waals surface area (Å²) >= 11 is 0. The molecule has 1 saturated carbocycles. The quantitative estimate of drug-likeness (QED) is 0.579. The lowest BCUT2D eigenvalue weighted by molar-refractivity contribution is -0.117. The summed E-state index contributed by atoms with van der Waals surface area (Å²) in [4.78, 5) is 13.0. The van der Waals surface area contributed by atoms with Gasteiger partial charge in [-0.15, -0.1) is 0 Å². The van der Waals surface area contributed by atoms with E-state index in [2.05, 4.69) is 10.2 Å². The van der Waals surface area contributed by atoms with E-state index in [1.54, 1.807) is 0 Å². The lowest BCUT2D eigenvalue weighted by Gasteiger charge is -2.25. The van der Waals surface area contributed by atoms with Crippen LogP contribution in [0.5, 0.6) is 0 Å². The third-order valence-electron chi connectivity index (χ3n) is 4.23. The van der Waals surface area contributed by atoms with Crippen LogP contribution in [-0.4, -0.2) is 63.0 Å². The van der Waals surface area contributed by atoms with Crippen LogP contribution in [0.15, 0.2) is 0 Å². The number of carbonyl (C=O) groups excluding carboxylic acids is 1. The van der Waals surface area contributed by atoms with Crippen LogP contribution in [0.1, 0.15) is 32.1 Å². The number of hydrogen-bond donors (Lipinski definition) is 2. The van der Waals surface area contributed by atoms with E-state index in [1.807, 2.05) is 0 Å². The highest BCUT2D eigenvalue weighted by molar-refractivity contribution is 7.91. The number of hydrogen-bond acceptors (Lipinski definition) is 5. The summed E-state index contributed by atoms with van der Waals surface area (Å²) in [5.74, 6) is 0.198. The average Bonchev–Trinajstić information content (AvgIpc) is 3.08. The van der Waals surface area contributed by atoms with Gasteiger partial charge in [0.05, 0.1) is 11.5 Å². The van der Waals surface area contributed by atoms with Crippen molar-refractivity contribution in [1.29, 1.82) is 0 Å². The highest BCUT2D eigenvalue weighted by Crippen LogP contribution is 2.29. The van der Waals surface area contributed by atoms with E-state index < -0.39 is 15.7 Å². The monoisotopic (exact) mass is 317 g/mol. The summed E-state index contributed by atoms with van der Waals surface area (Å²) in [6, 6.07) is 0.497. The Hall–Kier alpha value is -0.660. The van der Waals surface area contributed by atoms with Crippen molar-refractivity contribution in [2.24, 2.45) is 11.7 Å². The zero-order valence-electron chi connectivity index (χ0n) is 12.6. The maximum Gasteiger partial charge on any atom is 0.218 e. The molecule has 21 heavy (non-hydrogen) atoms. The van der Waals surface area contributed by atoms with Crippen molar-refractivity contribution >= 4 is 15.7 Å². The molecule has 1 aliphatic carbocycles. The van der Waals surface area contributed by atoms with E-state index in [1.165, 1.54) is 25.7 Å². The van der Waals surface area contributed by atoms with Crippen LogP contribution in [0.25, 0.3) is 0 Å².